The third-order valence-electron chi connectivity index (χ3n) is 2.99. The first-order valence-corrected chi connectivity index (χ1v) is 5.97. The van der Waals surface area contributed by atoms with Crippen molar-refractivity contribution in [1.29, 1.82) is 0 Å². The fourth-order valence-corrected chi connectivity index (χ4v) is 1.59. The van der Waals surface area contributed by atoms with E-state index in [1.165, 1.54) is 0 Å². The number of hydrogen-bond acceptors (Lipinski definition) is 4. The summed E-state index contributed by atoms with van der Waals surface area (Å²) in [6.45, 7) is 9.59. The van der Waals surface area contributed by atoms with Crippen LogP contribution in [0.4, 0.5) is 0 Å². The summed E-state index contributed by atoms with van der Waals surface area (Å²) in [6, 6.07) is 0.370. The van der Waals surface area contributed by atoms with Gasteiger partial charge < -0.3 is 15.2 Å². The number of nitrogens with zero attached hydrogens (tertiary/aromatic N) is 1. The van der Waals surface area contributed by atoms with E-state index in [0.717, 1.165) is 32.7 Å². The largest absolute Gasteiger partial charge is 0.383 e. The lowest BCUT2D eigenvalue weighted by atomic mass is 9.99. The van der Waals surface area contributed by atoms with Crippen LogP contribution in [0.5, 0.6) is 0 Å². The van der Waals surface area contributed by atoms with Gasteiger partial charge >= 0.3 is 0 Å². The minimum atomic E-state index is -0.143. The van der Waals surface area contributed by atoms with Crippen LogP contribution in [0.25, 0.3) is 0 Å². The Morgan fingerprint density at radius 1 is 1.31 bits per heavy atom. The van der Waals surface area contributed by atoms with Crippen molar-refractivity contribution in [3.05, 3.63) is 0 Å². The standard InChI is InChI=1S/C12H28N2O2/c1-6-12(3,13)10-14(7-8-15-4)11(2)9-16-5/h11H,6-10,13H2,1-5H3. The average molecular weight is 232 g/mol. The molecule has 0 amide bonds. The van der Waals surface area contributed by atoms with Gasteiger partial charge in [-0.25, -0.2) is 0 Å². The maximum absolute atomic E-state index is 6.20. The zero-order chi connectivity index (χ0) is 12.6. The molecule has 2 atom stereocenters. The Morgan fingerprint density at radius 2 is 1.94 bits per heavy atom. The third kappa shape index (κ3) is 6.43. The molecule has 0 aromatic rings. The molecule has 0 aliphatic rings. The number of nitrogens with two attached hydrogens (primary N) is 1. The normalized spacial score (nSPS) is 17.4. The van der Waals surface area contributed by atoms with Crippen LogP contribution in [0.15, 0.2) is 0 Å². The fourth-order valence-electron chi connectivity index (χ4n) is 1.59. The van der Waals surface area contributed by atoms with Gasteiger partial charge in [-0.15, -0.1) is 0 Å². The Bertz CT molecular complexity index is 174. The summed E-state index contributed by atoms with van der Waals surface area (Å²) in [5, 5.41) is 0. The maximum Gasteiger partial charge on any atom is 0.0615 e. The Labute approximate surface area is 100 Å². The van der Waals surface area contributed by atoms with Crippen molar-refractivity contribution in [2.24, 2.45) is 5.73 Å². The molecule has 98 valence electrons. The van der Waals surface area contributed by atoms with Gasteiger partial charge in [-0.05, 0) is 20.3 Å². The molecule has 2 unspecified atom stereocenters. The summed E-state index contributed by atoms with van der Waals surface area (Å²) >= 11 is 0. The van der Waals surface area contributed by atoms with E-state index in [0.29, 0.717) is 6.04 Å². The summed E-state index contributed by atoms with van der Waals surface area (Å²) in [4.78, 5) is 2.33. The molecule has 2 N–H and O–H groups in total. The molecule has 0 aromatic heterocycles. The molecule has 0 rings (SSSR count). The van der Waals surface area contributed by atoms with Crippen molar-refractivity contribution in [2.45, 2.75) is 38.8 Å². The van der Waals surface area contributed by atoms with E-state index >= 15 is 0 Å². The summed E-state index contributed by atoms with van der Waals surface area (Å²) in [5.74, 6) is 0. The third-order valence-corrected chi connectivity index (χ3v) is 2.99. The van der Waals surface area contributed by atoms with Gasteiger partial charge in [0.05, 0.1) is 13.2 Å². The molecular weight excluding hydrogens is 204 g/mol. The van der Waals surface area contributed by atoms with E-state index in [2.05, 4.69) is 25.7 Å². The van der Waals surface area contributed by atoms with E-state index in [-0.39, 0.29) is 5.54 Å². The van der Waals surface area contributed by atoms with Crippen LogP contribution < -0.4 is 5.73 Å². The van der Waals surface area contributed by atoms with E-state index in [9.17, 15) is 0 Å². The second-order valence-electron chi connectivity index (χ2n) is 4.78. The Balaban J connectivity index is 4.29. The van der Waals surface area contributed by atoms with Crippen LogP contribution in [0, 0.1) is 0 Å². The number of ether oxygens (including phenoxy) is 2. The highest BCUT2D eigenvalue weighted by Gasteiger charge is 2.23. The molecule has 0 heterocycles. The lowest BCUT2D eigenvalue weighted by molar-refractivity contribution is 0.0617. The topological polar surface area (TPSA) is 47.7 Å². The second-order valence-corrected chi connectivity index (χ2v) is 4.78. The van der Waals surface area contributed by atoms with Crippen molar-refractivity contribution in [1.82, 2.24) is 4.90 Å². The average Bonchev–Trinajstić information content (AvgIpc) is 2.24. The smallest absolute Gasteiger partial charge is 0.0615 e. The first-order chi connectivity index (χ1) is 7.46. The van der Waals surface area contributed by atoms with Crippen LogP contribution in [0.1, 0.15) is 27.2 Å². The van der Waals surface area contributed by atoms with Crippen LogP contribution in [-0.4, -0.2) is 57.0 Å². The first kappa shape index (κ1) is 15.8. The Hall–Kier alpha value is -0.160. The van der Waals surface area contributed by atoms with Gasteiger partial charge in [0.15, 0.2) is 0 Å². The molecular formula is C12H28N2O2. The van der Waals surface area contributed by atoms with E-state index < -0.39 is 0 Å². The van der Waals surface area contributed by atoms with Crippen molar-refractivity contribution in [3.8, 4) is 0 Å². The number of rotatable bonds is 9. The minimum Gasteiger partial charge on any atom is -0.383 e. The highest BCUT2D eigenvalue weighted by atomic mass is 16.5. The molecule has 4 nitrogen and oxygen atoms in total. The summed E-state index contributed by atoms with van der Waals surface area (Å²) in [6.07, 6.45) is 0.968. The van der Waals surface area contributed by atoms with Crippen LogP contribution in [-0.2, 0) is 9.47 Å². The predicted octanol–water partition coefficient (Wildman–Crippen LogP) is 1.10. The van der Waals surface area contributed by atoms with Gasteiger partial charge in [0.1, 0.15) is 0 Å². The molecule has 0 aromatic carbocycles. The zero-order valence-corrected chi connectivity index (χ0v) is 11.5. The van der Waals surface area contributed by atoms with Gasteiger partial charge in [0, 0.05) is 38.9 Å². The lowest BCUT2D eigenvalue weighted by Gasteiger charge is -2.35. The molecule has 0 fully saturated rings. The van der Waals surface area contributed by atoms with Crippen LogP contribution in [0.2, 0.25) is 0 Å². The predicted molar refractivity (Wildman–Crippen MR) is 67.7 cm³/mol. The molecule has 0 spiro atoms. The minimum absolute atomic E-state index is 0.143. The highest BCUT2D eigenvalue weighted by molar-refractivity contribution is 4.83. The van der Waals surface area contributed by atoms with Crippen LogP contribution >= 0.6 is 0 Å². The van der Waals surface area contributed by atoms with Gasteiger partial charge in [-0.2, -0.15) is 0 Å². The number of hydrogen-bond donors (Lipinski definition) is 1. The lowest BCUT2D eigenvalue weighted by Crippen LogP contribution is -2.51. The van der Waals surface area contributed by atoms with E-state index in [4.69, 9.17) is 15.2 Å². The maximum atomic E-state index is 6.20. The van der Waals surface area contributed by atoms with Crippen molar-refractivity contribution < 1.29 is 9.47 Å². The summed E-state index contributed by atoms with van der Waals surface area (Å²) in [5.41, 5.74) is 6.06. The quantitative estimate of drug-likeness (QED) is 0.646. The van der Waals surface area contributed by atoms with Crippen molar-refractivity contribution in [2.75, 3.05) is 40.5 Å². The molecule has 0 aliphatic carbocycles. The van der Waals surface area contributed by atoms with E-state index in [1.807, 2.05) is 0 Å². The summed E-state index contributed by atoms with van der Waals surface area (Å²) < 4.78 is 10.3. The van der Waals surface area contributed by atoms with Gasteiger partial charge in [0.25, 0.3) is 0 Å². The molecule has 0 saturated heterocycles. The van der Waals surface area contributed by atoms with Crippen LogP contribution in [0.3, 0.4) is 0 Å². The second kappa shape index (κ2) is 8.01. The molecule has 16 heavy (non-hydrogen) atoms. The molecule has 0 saturated carbocycles. The van der Waals surface area contributed by atoms with Gasteiger partial charge in [-0.3, -0.25) is 4.90 Å². The van der Waals surface area contributed by atoms with Crippen molar-refractivity contribution >= 4 is 0 Å². The monoisotopic (exact) mass is 232 g/mol. The molecule has 0 aliphatic heterocycles. The Kier molecular flexibility index (Phi) is 7.93. The van der Waals surface area contributed by atoms with E-state index in [1.54, 1.807) is 14.2 Å². The Morgan fingerprint density at radius 3 is 2.38 bits per heavy atom. The van der Waals surface area contributed by atoms with Gasteiger partial charge in [-0.1, -0.05) is 6.92 Å². The highest BCUT2D eigenvalue weighted by Crippen LogP contribution is 2.10. The SMILES string of the molecule is CCC(C)(N)CN(CCOC)C(C)COC. The number of methoxy groups -OCH3 is 2. The zero-order valence-electron chi connectivity index (χ0n) is 11.5. The summed E-state index contributed by atoms with van der Waals surface area (Å²) in [7, 11) is 3.45. The first-order valence-electron chi connectivity index (χ1n) is 5.97. The van der Waals surface area contributed by atoms with Crippen molar-refractivity contribution in [3.63, 3.8) is 0 Å². The molecule has 4 heteroatoms. The van der Waals surface area contributed by atoms with Gasteiger partial charge in [0.2, 0.25) is 0 Å². The molecule has 0 bridgehead atoms. The fraction of sp³-hybridized carbons (Fsp3) is 1.00. The molecule has 0 radical (unpaired) electrons.